The molecule has 1 fully saturated rings. The predicted octanol–water partition coefficient (Wildman–Crippen LogP) is 2.83. The second kappa shape index (κ2) is 5.82. The van der Waals surface area contributed by atoms with E-state index in [0.717, 1.165) is 5.92 Å². The van der Waals surface area contributed by atoms with Crippen molar-refractivity contribution in [3.63, 3.8) is 0 Å². The highest BCUT2D eigenvalue weighted by Gasteiger charge is 2.15. The Morgan fingerprint density at radius 3 is 2.79 bits per heavy atom. The van der Waals surface area contributed by atoms with Crippen molar-refractivity contribution in [2.75, 3.05) is 18.1 Å². The Kier molecular flexibility index (Phi) is 4.39. The maximum absolute atomic E-state index is 3.70. The highest BCUT2D eigenvalue weighted by atomic mass is 32.2. The topological polar surface area (TPSA) is 12.0 Å². The third-order valence-electron chi connectivity index (χ3n) is 3.26. The molecule has 2 heteroatoms. The maximum Gasteiger partial charge on any atom is 0.0250 e. The van der Waals surface area contributed by atoms with Gasteiger partial charge in [0.2, 0.25) is 0 Å². The number of rotatable bonds is 3. The van der Waals surface area contributed by atoms with Gasteiger partial charge in [0.05, 0.1) is 0 Å². The number of hydrogen-bond donors (Lipinski definition) is 1. The fourth-order valence-corrected chi connectivity index (χ4v) is 3.46. The van der Waals surface area contributed by atoms with Gasteiger partial charge in [-0.1, -0.05) is 12.2 Å². The number of allylic oxidation sites excluding steroid dienone is 1. The second-order valence-corrected chi connectivity index (χ2v) is 5.65. The zero-order chi connectivity index (χ0) is 9.64. The van der Waals surface area contributed by atoms with Gasteiger partial charge >= 0.3 is 0 Å². The molecule has 14 heavy (non-hydrogen) atoms. The van der Waals surface area contributed by atoms with Crippen LogP contribution in [0.25, 0.3) is 0 Å². The molecule has 1 saturated heterocycles. The standard InChI is InChI=1S/C12H21NS/c1-2-4-12(5-3-1)13-10-11-6-8-14-9-7-11/h2,4,11-13H,1,3,5-10H2. The molecule has 1 nitrogen and oxygen atoms in total. The fraction of sp³-hybridized carbons (Fsp3) is 0.833. The lowest BCUT2D eigenvalue weighted by molar-refractivity contribution is 0.413. The molecular weight excluding hydrogens is 190 g/mol. The lowest BCUT2D eigenvalue weighted by atomic mass is 9.99. The number of hydrogen-bond acceptors (Lipinski definition) is 2. The van der Waals surface area contributed by atoms with E-state index in [4.69, 9.17) is 0 Å². The molecular formula is C12H21NS. The minimum Gasteiger partial charge on any atom is -0.310 e. The van der Waals surface area contributed by atoms with E-state index in [0.29, 0.717) is 6.04 Å². The molecule has 1 unspecified atom stereocenters. The third-order valence-corrected chi connectivity index (χ3v) is 4.31. The second-order valence-electron chi connectivity index (χ2n) is 4.43. The lowest BCUT2D eigenvalue weighted by Gasteiger charge is -2.25. The molecule has 1 N–H and O–H groups in total. The average molecular weight is 211 g/mol. The first-order chi connectivity index (χ1) is 6.95. The van der Waals surface area contributed by atoms with Gasteiger partial charge in [0.1, 0.15) is 0 Å². The smallest absolute Gasteiger partial charge is 0.0250 e. The molecule has 0 bridgehead atoms. The molecule has 80 valence electrons. The van der Waals surface area contributed by atoms with Crippen LogP contribution < -0.4 is 5.32 Å². The van der Waals surface area contributed by atoms with Crippen LogP contribution >= 0.6 is 11.8 Å². The Morgan fingerprint density at radius 1 is 1.21 bits per heavy atom. The van der Waals surface area contributed by atoms with Crippen molar-refractivity contribution in [1.82, 2.24) is 5.32 Å². The van der Waals surface area contributed by atoms with Crippen LogP contribution in [0.4, 0.5) is 0 Å². The highest BCUT2D eigenvalue weighted by Crippen LogP contribution is 2.22. The van der Waals surface area contributed by atoms with Gasteiger partial charge in [0.25, 0.3) is 0 Å². The molecule has 1 aliphatic carbocycles. The van der Waals surface area contributed by atoms with E-state index < -0.39 is 0 Å². The van der Waals surface area contributed by atoms with Crippen molar-refractivity contribution >= 4 is 11.8 Å². The van der Waals surface area contributed by atoms with E-state index in [-0.39, 0.29) is 0 Å². The van der Waals surface area contributed by atoms with Crippen LogP contribution in [-0.4, -0.2) is 24.1 Å². The Bertz CT molecular complexity index is 185. The van der Waals surface area contributed by atoms with Crippen LogP contribution in [-0.2, 0) is 0 Å². The van der Waals surface area contributed by atoms with Crippen molar-refractivity contribution in [1.29, 1.82) is 0 Å². The van der Waals surface area contributed by atoms with Crippen LogP contribution in [0.2, 0.25) is 0 Å². The van der Waals surface area contributed by atoms with Crippen molar-refractivity contribution in [3.8, 4) is 0 Å². The molecule has 0 amide bonds. The van der Waals surface area contributed by atoms with Crippen LogP contribution in [0.5, 0.6) is 0 Å². The molecule has 2 rings (SSSR count). The highest BCUT2D eigenvalue weighted by molar-refractivity contribution is 7.99. The summed E-state index contributed by atoms with van der Waals surface area (Å²) in [6.07, 6.45) is 11.5. The van der Waals surface area contributed by atoms with E-state index in [1.54, 1.807) is 0 Å². The molecule has 0 radical (unpaired) electrons. The average Bonchev–Trinajstić information content (AvgIpc) is 2.29. The summed E-state index contributed by atoms with van der Waals surface area (Å²) in [6, 6.07) is 0.679. The van der Waals surface area contributed by atoms with Crippen molar-refractivity contribution in [2.24, 2.45) is 5.92 Å². The van der Waals surface area contributed by atoms with Crippen LogP contribution in [0.1, 0.15) is 32.1 Å². The largest absolute Gasteiger partial charge is 0.310 e. The Morgan fingerprint density at radius 2 is 2.07 bits per heavy atom. The van der Waals surface area contributed by atoms with Crippen molar-refractivity contribution < 1.29 is 0 Å². The van der Waals surface area contributed by atoms with Crippen LogP contribution in [0.3, 0.4) is 0 Å². The predicted molar refractivity (Wildman–Crippen MR) is 64.8 cm³/mol. The van der Waals surface area contributed by atoms with Gasteiger partial charge in [-0.2, -0.15) is 11.8 Å². The van der Waals surface area contributed by atoms with E-state index in [1.807, 2.05) is 0 Å². The molecule has 1 heterocycles. The van der Waals surface area contributed by atoms with Crippen LogP contribution in [0.15, 0.2) is 12.2 Å². The molecule has 2 aliphatic rings. The molecule has 0 aromatic carbocycles. The Balaban J connectivity index is 1.65. The van der Waals surface area contributed by atoms with Gasteiger partial charge in [-0.05, 0) is 56.1 Å². The summed E-state index contributed by atoms with van der Waals surface area (Å²) in [4.78, 5) is 0. The van der Waals surface area contributed by atoms with Crippen molar-refractivity contribution in [2.45, 2.75) is 38.1 Å². The third kappa shape index (κ3) is 3.32. The van der Waals surface area contributed by atoms with Crippen molar-refractivity contribution in [3.05, 3.63) is 12.2 Å². The first-order valence-electron chi connectivity index (χ1n) is 5.93. The molecule has 0 aromatic rings. The number of thioether (sulfide) groups is 1. The van der Waals surface area contributed by atoms with E-state index in [1.165, 1.54) is 50.2 Å². The van der Waals surface area contributed by atoms with Gasteiger partial charge < -0.3 is 5.32 Å². The normalized spacial score (nSPS) is 29.3. The summed E-state index contributed by atoms with van der Waals surface area (Å²) >= 11 is 2.12. The van der Waals surface area contributed by atoms with E-state index >= 15 is 0 Å². The zero-order valence-corrected chi connectivity index (χ0v) is 9.69. The first kappa shape index (κ1) is 10.6. The molecule has 1 aliphatic heterocycles. The van der Waals surface area contributed by atoms with Gasteiger partial charge in [-0.15, -0.1) is 0 Å². The summed E-state index contributed by atoms with van der Waals surface area (Å²) < 4.78 is 0. The summed E-state index contributed by atoms with van der Waals surface area (Å²) in [5.74, 6) is 3.71. The fourth-order valence-electron chi connectivity index (χ4n) is 2.25. The van der Waals surface area contributed by atoms with Gasteiger partial charge in [-0.3, -0.25) is 0 Å². The minimum absolute atomic E-state index is 0.679. The first-order valence-corrected chi connectivity index (χ1v) is 7.08. The summed E-state index contributed by atoms with van der Waals surface area (Å²) in [5.41, 5.74) is 0. The quantitative estimate of drug-likeness (QED) is 0.720. The number of nitrogens with one attached hydrogen (secondary N) is 1. The van der Waals surface area contributed by atoms with E-state index in [2.05, 4.69) is 29.2 Å². The van der Waals surface area contributed by atoms with Gasteiger partial charge in [0.15, 0.2) is 0 Å². The molecule has 0 aromatic heterocycles. The maximum atomic E-state index is 3.70. The van der Waals surface area contributed by atoms with E-state index in [9.17, 15) is 0 Å². The molecule has 0 saturated carbocycles. The zero-order valence-electron chi connectivity index (χ0n) is 8.87. The summed E-state index contributed by atoms with van der Waals surface area (Å²) in [5, 5.41) is 3.70. The summed E-state index contributed by atoms with van der Waals surface area (Å²) in [7, 11) is 0. The Hall–Kier alpha value is 0.0500. The molecule has 1 atom stereocenters. The van der Waals surface area contributed by atoms with Gasteiger partial charge in [0, 0.05) is 6.04 Å². The monoisotopic (exact) mass is 211 g/mol. The summed E-state index contributed by atoms with van der Waals surface area (Å²) in [6.45, 7) is 1.25. The SMILES string of the molecule is C1=CC(NCC2CCSCC2)CCC1. The minimum atomic E-state index is 0.679. The molecule has 0 spiro atoms. The van der Waals surface area contributed by atoms with Gasteiger partial charge in [-0.25, -0.2) is 0 Å². The lowest BCUT2D eigenvalue weighted by Crippen LogP contribution is -2.34. The van der Waals surface area contributed by atoms with Crippen LogP contribution in [0, 0.1) is 5.92 Å². The Labute approximate surface area is 91.7 Å².